The van der Waals surface area contributed by atoms with Crippen molar-refractivity contribution in [1.82, 2.24) is 14.5 Å². The molecule has 1 radical (unpaired) electrons. The molecule has 3 amide bonds. The molecule has 0 aliphatic rings. The van der Waals surface area contributed by atoms with Crippen LogP contribution >= 0.6 is 0 Å². The third-order valence-electron chi connectivity index (χ3n) is 3.82. The highest BCUT2D eigenvalue weighted by Crippen LogP contribution is 2.17. The second kappa shape index (κ2) is 9.04. The number of anilines is 2. The highest BCUT2D eigenvalue weighted by atomic mass is 16.3. The smallest absolute Gasteiger partial charge is 0.272 e. The van der Waals surface area contributed by atoms with Crippen molar-refractivity contribution in [1.29, 1.82) is 0 Å². The fourth-order valence-corrected chi connectivity index (χ4v) is 2.53. The number of nitrogens with zero attached hydrogens (tertiary/aromatic N) is 2. The van der Waals surface area contributed by atoms with Crippen LogP contribution in [0.1, 0.15) is 33.8 Å². The molecule has 0 bridgehead atoms. The normalized spacial score (nSPS) is 10.5. The van der Waals surface area contributed by atoms with Gasteiger partial charge in [-0.3, -0.25) is 14.4 Å². The number of aliphatic hydroxyl groups is 1. The number of carbonyl (C=O) groups is 3. The Morgan fingerprint density at radius 3 is 2.11 bits per heavy atom. The molecule has 2 aromatic heterocycles. The summed E-state index contributed by atoms with van der Waals surface area (Å²) in [6.45, 7) is 3.90. The number of aromatic nitrogens is 2. The molecule has 0 saturated heterocycles. The minimum atomic E-state index is -0.379. The summed E-state index contributed by atoms with van der Waals surface area (Å²) >= 11 is 0. The van der Waals surface area contributed by atoms with Crippen molar-refractivity contribution in [3.63, 3.8) is 0 Å². The van der Waals surface area contributed by atoms with Gasteiger partial charge in [-0.15, -0.1) is 0 Å². The summed E-state index contributed by atoms with van der Waals surface area (Å²) < 4.78 is 3.20. The van der Waals surface area contributed by atoms with Crippen LogP contribution in [0.15, 0.2) is 24.5 Å². The molecule has 27 heavy (non-hydrogen) atoms. The molecule has 9 heteroatoms. The van der Waals surface area contributed by atoms with Crippen LogP contribution < -0.4 is 16.0 Å². The van der Waals surface area contributed by atoms with Gasteiger partial charge in [-0.25, -0.2) is 0 Å². The lowest BCUT2D eigenvalue weighted by Crippen LogP contribution is -2.25. The van der Waals surface area contributed by atoms with Gasteiger partial charge in [0.15, 0.2) is 0 Å². The van der Waals surface area contributed by atoms with Crippen LogP contribution in [-0.4, -0.2) is 45.1 Å². The fraction of sp³-hybridized carbons (Fsp3) is 0.333. The first-order chi connectivity index (χ1) is 12.8. The first-order valence-electron chi connectivity index (χ1n) is 8.48. The van der Waals surface area contributed by atoms with Crippen molar-refractivity contribution in [3.8, 4) is 0 Å². The van der Waals surface area contributed by atoms with Crippen molar-refractivity contribution in [3.05, 3.63) is 42.8 Å². The van der Waals surface area contributed by atoms with Gasteiger partial charge in [0.05, 0.1) is 24.4 Å². The lowest BCUT2D eigenvalue weighted by Gasteiger charge is -2.03. The molecule has 145 valence electrons. The Hall–Kier alpha value is -3.07. The fourth-order valence-electron chi connectivity index (χ4n) is 2.53. The van der Waals surface area contributed by atoms with Gasteiger partial charge in [0.25, 0.3) is 11.8 Å². The maximum absolute atomic E-state index is 12.5. The number of amides is 3. The number of aryl methyl sites for hydroxylation is 2. The molecule has 0 spiro atoms. The van der Waals surface area contributed by atoms with E-state index in [0.29, 0.717) is 35.7 Å². The quantitative estimate of drug-likeness (QED) is 0.549. The van der Waals surface area contributed by atoms with E-state index in [-0.39, 0.29) is 30.7 Å². The molecule has 0 fully saturated rings. The van der Waals surface area contributed by atoms with Gasteiger partial charge in [0, 0.05) is 33.0 Å². The standard InChI is InChI=1S/C18H24N5O4/c1-4-6-19-17(26)14-9-13(11-22(14)2)21-18(27)15-8-12(10-23(15)3)20-16(25)5-7-24/h8-11,24H,1,4-7H2,2-3H3,(H,19,26)(H,20,25)(H,21,27). The summed E-state index contributed by atoms with van der Waals surface area (Å²) in [5.41, 5.74) is 1.69. The lowest BCUT2D eigenvalue weighted by molar-refractivity contribution is -0.116. The van der Waals surface area contributed by atoms with E-state index in [9.17, 15) is 14.4 Å². The van der Waals surface area contributed by atoms with E-state index >= 15 is 0 Å². The van der Waals surface area contributed by atoms with Gasteiger partial charge in [-0.05, 0) is 18.6 Å². The van der Waals surface area contributed by atoms with Gasteiger partial charge in [0.2, 0.25) is 5.91 Å². The summed E-state index contributed by atoms with van der Waals surface area (Å²) in [7, 11) is 3.39. The Labute approximate surface area is 157 Å². The maximum Gasteiger partial charge on any atom is 0.272 e. The summed E-state index contributed by atoms with van der Waals surface area (Å²) in [6.07, 6.45) is 3.82. The van der Waals surface area contributed by atoms with E-state index in [1.54, 1.807) is 41.7 Å². The molecule has 0 aliphatic heterocycles. The predicted molar refractivity (Wildman–Crippen MR) is 101 cm³/mol. The average Bonchev–Trinajstić information content (AvgIpc) is 3.15. The zero-order chi connectivity index (χ0) is 20.0. The van der Waals surface area contributed by atoms with Crippen LogP contribution in [0.5, 0.6) is 0 Å². The first-order valence-corrected chi connectivity index (χ1v) is 8.48. The zero-order valence-electron chi connectivity index (χ0n) is 15.4. The minimum absolute atomic E-state index is 0.0145. The summed E-state index contributed by atoms with van der Waals surface area (Å²) in [5.74, 6) is -0.957. The number of hydrogen-bond acceptors (Lipinski definition) is 4. The number of carbonyl (C=O) groups excluding carboxylic acids is 3. The van der Waals surface area contributed by atoms with Gasteiger partial charge >= 0.3 is 0 Å². The van der Waals surface area contributed by atoms with Crippen molar-refractivity contribution in [2.24, 2.45) is 14.1 Å². The van der Waals surface area contributed by atoms with Crippen LogP contribution in [0.3, 0.4) is 0 Å². The Balaban J connectivity index is 2.08. The molecule has 2 heterocycles. The van der Waals surface area contributed by atoms with Crippen molar-refractivity contribution in [2.45, 2.75) is 12.8 Å². The van der Waals surface area contributed by atoms with E-state index < -0.39 is 0 Å². The summed E-state index contributed by atoms with van der Waals surface area (Å²) in [5, 5.41) is 16.9. The van der Waals surface area contributed by atoms with Crippen LogP contribution in [0, 0.1) is 6.92 Å². The van der Waals surface area contributed by atoms with Crippen LogP contribution in [0.25, 0.3) is 0 Å². The van der Waals surface area contributed by atoms with Crippen molar-refractivity contribution >= 4 is 29.1 Å². The first kappa shape index (κ1) is 20.2. The number of aliphatic hydroxyl groups excluding tert-OH is 1. The zero-order valence-corrected chi connectivity index (χ0v) is 15.4. The molecule has 0 aromatic carbocycles. The molecule has 0 saturated carbocycles. The van der Waals surface area contributed by atoms with Gasteiger partial charge in [-0.1, -0.05) is 6.92 Å². The minimum Gasteiger partial charge on any atom is -0.396 e. The molecule has 2 rings (SSSR count). The third kappa shape index (κ3) is 5.20. The molecule has 0 unspecified atom stereocenters. The second-order valence-corrected chi connectivity index (χ2v) is 6.04. The summed E-state index contributed by atoms with van der Waals surface area (Å²) in [4.78, 5) is 36.1. The molecular weight excluding hydrogens is 350 g/mol. The van der Waals surface area contributed by atoms with Crippen LogP contribution in [-0.2, 0) is 18.9 Å². The summed E-state index contributed by atoms with van der Waals surface area (Å²) in [6, 6.07) is 3.12. The topological polar surface area (TPSA) is 117 Å². The predicted octanol–water partition coefficient (Wildman–Crippen LogP) is 0.891. The number of nitrogens with one attached hydrogen (secondary N) is 3. The van der Waals surface area contributed by atoms with Gasteiger partial charge in [0.1, 0.15) is 11.4 Å². The Morgan fingerprint density at radius 1 is 1.00 bits per heavy atom. The number of hydrogen-bond donors (Lipinski definition) is 4. The largest absolute Gasteiger partial charge is 0.396 e. The van der Waals surface area contributed by atoms with Crippen molar-refractivity contribution < 1.29 is 19.5 Å². The number of rotatable bonds is 8. The van der Waals surface area contributed by atoms with E-state index in [4.69, 9.17) is 5.11 Å². The highest BCUT2D eigenvalue weighted by molar-refractivity contribution is 6.05. The third-order valence-corrected chi connectivity index (χ3v) is 3.82. The van der Waals surface area contributed by atoms with Crippen molar-refractivity contribution in [2.75, 3.05) is 23.8 Å². The van der Waals surface area contributed by atoms with Crippen LogP contribution in [0.2, 0.25) is 0 Å². The van der Waals surface area contributed by atoms with E-state index in [2.05, 4.69) is 22.9 Å². The molecule has 4 N–H and O–H groups in total. The van der Waals surface area contributed by atoms with Gasteiger partial charge < -0.3 is 30.2 Å². The maximum atomic E-state index is 12.5. The van der Waals surface area contributed by atoms with Crippen LogP contribution in [0.4, 0.5) is 11.4 Å². The second-order valence-electron chi connectivity index (χ2n) is 6.04. The molecular formula is C18H24N5O4. The molecule has 0 aliphatic carbocycles. The van der Waals surface area contributed by atoms with E-state index in [1.165, 1.54) is 6.07 Å². The Morgan fingerprint density at radius 2 is 1.56 bits per heavy atom. The Kier molecular flexibility index (Phi) is 6.78. The molecule has 2 aromatic rings. The van der Waals surface area contributed by atoms with E-state index in [1.807, 2.05) is 0 Å². The SMILES string of the molecule is [CH2]CCNC(=O)c1cc(NC(=O)c2cc(NC(=O)CCO)cn2C)cn1C. The molecule has 0 atom stereocenters. The average molecular weight is 374 g/mol. The van der Waals surface area contributed by atoms with E-state index in [0.717, 1.165) is 0 Å². The lowest BCUT2D eigenvalue weighted by atomic mass is 10.3. The van der Waals surface area contributed by atoms with Gasteiger partial charge in [-0.2, -0.15) is 0 Å². The Bertz CT molecular complexity index is 837. The monoisotopic (exact) mass is 374 g/mol. The molecule has 9 nitrogen and oxygen atoms in total. The highest BCUT2D eigenvalue weighted by Gasteiger charge is 2.16.